The molecule has 7 aromatic rings. The smallest absolute Gasteiger partial charge is 0.287 e. The summed E-state index contributed by atoms with van der Waals surface area (Å²) < 4.78 is 64.3. The molecule has 2 N–H and O–H groups in total. The highest BCUT2D eigenvalue weighted by Crippen LogP contribution is 2.28. The third kappa shape index (κ3) is 8.17. The van der Waals surface area contributed by atoms with Crippen molar-refractivity contribution in [1.29, 1.82) is 0 Å². The number of hydrogen-bond acceptors (Lipinski definition) is 11. The summed E-state index contributed by atoms with van der Waals surface area (Å²) in [4.78, 5) is 43.2. The van der Waals surface area contributed by atoms with E-state index in [1.165, 1.54) is 12.1 Å². The van der Waals surface area contributed by atoms with Gasteiger partial charge in [-0.2, -0.15) is 19.7 Å². The summed E-state index contributed by atoms with van der Waals surface area (Å²) in [6, 6.07) is 16.4. The molecule has 19 heteroatoms. The van der Waals surface area contributed by atoms with Crippen molar-refractivity contribution in [2.45, 2.75) is 26.1 Å². The molecule has 0 atom stereocenters. The Morgan fingerprint density at radius 3 is 1.91 bits per heavy atom. The number of anilines is 3. The number of nitrogens with zero attached hydrogens (tertiary/aromatic N) is 10. The summed E-state index contributed by atoms with van der Waals surface area (Å²) >= 11 is 0. The predicted molar refractivity (Wildman–Crippen MR) is 203 cm³/mol. The molecule has 57 heavy (non-hydrogen) atoms. The fourth-order valence-corrected chi connectivity index (χ4v) is 6.20. The molecular formula is C38H36F4N12O3. The molecule has 5 aromatic heterocycles. The Bertz CT molecular complexity index is 2660. The lowest BCUT2D eigenvalue weighted by Gasteiger charge is -2.26. The molecule has 294 valence electrons. The Kier molecular flexibility index (Phi) is 10.7. The fraction of sp³-hybridized carbons (Fsp3) is 0.237. The molecule has 1 aliphatic heterocycles. The molecule has 6 heterocycles. The minimum Gasteiger partial charge on any atom is -0.381 e. The number of benzene rings is 2. The van der Waals surface area contributed by atoms with Crippen LogP contribution in [0.25, 0.3) is 23.0 Å². The Morgan fingerprint density at radius 2 is 1.32 bits per heavy atom. The quantitative estimate of drug-likeness (QED) is 0.197. The van der Waals surface area contributed by atoms with Crippen LogP contribution in [0, 0.1) is 23.3 Å². The third-order valence-electron chi connectivity index (χ3n) is 9.09. The Balaban J connectivity index is 0.000000183. The lowest BCUT2D eigenvalue weighted by Crippen LogP contribution is -2.33. The first kappa shape index (κ1) is 38.2. The van der Waals surface area contributed by atoms with Gasteiger partial charge in [-0.05, 0) is 18.6 Å². The SMILES string of the molecule is CN(C)c1cc(-c2ncc(F)c(=O)[nH]2)nn1Cc1ccccc1F.CN(C)c1cc(-c2ncc(F)c(N3CCc4c(o[nH]c4=O)C3)n2)nn1Cc1ccccc1F. The van der Waals surface area contributed by atoms with Crippen molar-refractivity contribution in [2.24, 2.45) is 0 Å². The second kappa shape index (κ2) is 16.0. The van der Waals surface area contributed by atoms with Gasteiger partial charge in [0.1, 0.15) is 34.7 Å². The Labute approximate surface area is 321 Å². The van der Waals surface area contributed by atoms with Crippen molar-refractivity contribution in [2.75, 3.05) is 49.4 Å². The van der Waals surface area contributed by atoms with Crippen molar-refractivity contribution in [3.8, 4) is 23.0 Å². The summed E-state index contributed by atoms with van der Waals surface area (Å²) in [6.45, 7) is 1.06. The number of H-pyrrole nitrogens is 2. The first-order chi connectivity index (χ1) is 27.4. The van der Waals surface area contributed by atoms with E-state index in [1.54, 1.807) is 67.7 Å². The average molecular weight is 785 g/mol. The fourth-order valence-electron chi connectivity index (χ4n) is 6.20. The van der Waals surface area contributed by atoms with Crippen molar-refractivity contribution in [3.05, 3.63) is 139 Å². The van der Waals surface area contributed by atoms with E-state index in [4.69, 9.17) is 4.52 Å². The van der Waals surface area contributed by atoms with Crippen molar-refractivity contribution >= 4 is 17.5 Å². The summed E-state index contributed by atoms with van der Waals surface area (Å²) in [7, 11) is 7.34. The summed E-state index contributed by atoms with van der Waals surface area (Å²) in [5.74, 6) is 0.183. The van der Waals surface area contributed by atoms with Crippen molar-refractivity contribution < 1.29 is 22.1 Å². The zero-order valence-electron chi connectivity index (χ0n) is 31.2. The average Bonchev–Trinajstić information content (AvgIpc) is 3.92. The van der Waals surface area contributed by atoms with E-state index in [1.807, 2.05) is 33.1 Å². The zero-order valence-corrected chi connectivity index (χ0v) is 31.2. The van der Waals surface area contributed by atoms with Gasteiger partial charge < -0.3 is 24.2 Å². The van der Waals surface area contributed by atoms with Gasteiger partial charge in [0.25, 0.3) is 11.1 Å². The zero-order chi connectivity index (χ0) is 40.4. The van der Waals surface area contributed by atoms with Gasteiger partial charge in [-0.25, -0.2) is 37.5 Å². The highest BCUT2D eigenvalue weighted by Gasteiger charge is 2.26. The molecule has 0 unspecified atom stereocenters. The van der Waals surface area contributed by atoms with Gasteiger partial charge in [0, 0.05) is 58.0 Å². The van der Waals surface area contributed by atoms with E-state index >= 15 is 0 Å². The van der Waals surface area contributed by atoms with Crippen molar-refractivity contribution in [1.82, 2.24) is 44.7 Å². The molecule has 15 nitrogen and oxygen atoms in total. The van der Waals surface area contributed by atoms with Crippen LogP contribution in [0.2, 0.25) is 0 Å². The summed E-state index contributed by atoms with van der Waals surface area (Å²) in [6.07, 6.45) is 2.37. The third-order valence-corrected chi connectivity index (χ3v) is 9.09. The second-order valence-electron chi connectivity index (χ2n) is 13.4. The van der Waals surface area contributed by atoms with E-state index in [0.29, 0.717) is 52.6 Å². The minimum absolute atomic E-state index is 0.101. The van der Waals surface area contributed by atoms with Gasteiger partial charge in [-0.15, -0.1) is 0 Å². The Morgan fingerprint density at radius 1 is 0.737 bits per heavy atom. The molecule has 0 spiro atoms. The number of aromatic amines is 2. The van der Waals surface area contributed by atoms with Crippen LogP contribution in [-0.2, 0) is 26.1 Å². The number of halogens is 4. The van der Waals surface area contributed by atoms with Crippen LogP contribution in [0.4, 0.5) is 35.0 Å². The maximum absolute atomic E-state index is 14.7. The van der Waals surface area contributed by atoms with Gasteiger partial charge in [0.15, 0.2) is 29.0 Å². The topological polar surface area (TPSA) is 163 Å². The summed E-state index contributed by atoms with van der Waals surface area (Å²) in [5.41, 5.74) is 1.22. The first-order valence-corrected chi connectivity index (χ1v) is 17.6. The molecule has 0 radical (unpaired) electrons. The number of nitrogens with one attached hydrogen (secondary N) is 2. The predicted octanol–water partition coefficient (Wildman–Crippen LogP) is 4.60. The number of aromatic nitrogens is 9. The number of rotatable bonds is 9. The molecule has 0 amide bonds. The van der Waals surface area contributed by atoms with Crippen LogP contribution in [-0.4, -0.2) is 79.4 Å². The second-order valence-corrected chi connectivity index (χ2v) is 13.4. The van der Waals surface area contributed by atoms with Crippen LogP contribution in [0.15, 0.2) is 87.2 Å². The number of fused-ring (bicyclic) bond motifs is 1. The first-order valence-electron chi connectivity index (χ1n) is 17.6. The van der Waals surface area contributed by atoms with Crippen LogP contribution in [0.3, 0.4) is 0 Å². The highest BCUT2D eigenvalue weighted by atomic mass is 19.1. The summed E-state index contributed by atoms with van der Waals surface area (Å²) in [5, 5.41) is 11.3. The Hall–Kier alpha value is -7.05. The van der Waals surface area contributed by atoms with Gasteiger partial charge >= 0.3 is 0 Å². The van der Waals surface area contributed by atoms with Crippen LogP contribution in [0.5, 0.6) is 0 Å². The maximum atomic E-state index is 14.7. The molecular weight excluding hydrogens is 748 g/mol. The van der Waals surface area contributed by atoms with E-state index in [-0.39, 0.29) is 54.3 Å². The van der Waals surface area contributed by atoms with Crippen LogP contribution >= 0.6 is 0 Å². The van der Waals surface area contributed by atoms with Gasteiger partial charge in [0.2, 0.25) is 5.82 Å². The molecule has 0 aliphatic carbocycles. The van der Waals surface area contributed by atoms with Gasteiger partial charge in [-0.3, -0.25) is 9.59 Å². The molecule has 8 rings (SSSR count). The molecule has 0 bridgehead atoms. The molecule has 0 saturated heterocycles. The maximum Gasteiger partial charge on any atom is 0.287 e. The molecule has 2 aromatic carbocycles. The van der Waals surface area contributed by atoms with E-state index in [2.05, 4.69) is 35.3 Å². The van der Waals surface area contributed by atoms with E-state index in [9.17, 15) is 27.2 Å². The van der Waals surface area contributed by atoms with Gasteiger partial charge in [0.05, 0.1) is 37.6 Å². The lowest BCUT2D eigenvalue weighted by molar-refractivity contribution is 0.370. The minimum atomic E-state index is -0.961. The number of hydrogen-bond donors (Lipinski definition) is 2. The molecule has 0 fully saturated rings. The largest absolute Gasteiger partial charge is 0.381 e. The standard InChI is InChI=1S/C22H21F2N7O2.C16H15F2N5O/c1-29(2)19-9-17(27-31(19)11-13-5-3-4-6-15(13)23)20-25-10-16(24)21(26-20)30-8-7-14-18(12-30)33-28-22(14)32;1-22(2)14-7-13(15-19-8-12(18)16(24)20-15)21-23(14)9-10-5-3-4-6-11(10)17/h3-6,9-10H,7-8,11-12H2,1-2H3,(H,28,32);3-8H,9H2,1-2H3,(H,19,20,24). The van der Waals surface area contributed by atoms with Crippen LogP contribution in [0.1, 0.15) is 22.5 Å². The lowest BCUT2D eigenvalue weighted by atomic mass is 10.1. The van der Waals surface area contributed by atoms with E-state index in [0.717, 1.165) is 18.2 Å². The van der Waals surface area contributed by atoms with E-state index < -0.39 is 17.2 Å². The normalized spacial score (nSPS) is 12.2. The van der Waals surface area contributed by atoms with Gasteiger partial charge in [-0.1, -0.05) is 36.4 Å². The highest BCUT2D eigenvalue weighted by molar-refractivity contribution is 5.59. The van der Waals surface area contributed by atoms with Crippen LogP contribution < -0.4 is 25.8 Å². The molecule has 0 saturated carbocycles. The van der Waals surface area contributed by atoms with Crippen molar-refractivity contribution in [3.63, 3.8) is 0 Å². The molecule has 1 aliphatic rings. The monoisotopic (exact) mass is 784 g/mol.